The van der Waals surface area contributed by atoms with E-state index in [1.54, 1.807) is 12.1 Å². The summed E-state index contributed by atoms with van der Waals surface area (Å²) in [6.45, 7) is 2.15. The molecule has 0 aliphatic carbocycles. The van der Waals surface area contributed by atoms with Crippen LogP contribution in [0.25, 0.3) is 0 Å². The second-order valence-electron chi connectivity index (χ2n) is 6.86. The SMILES string of the molecule is Cc1ccc([C@H]2CN(C)C(=O)[C@@H]2C(=O)Nc2cccc(F)c2C(F)(F)F)cc1. The number of amides is 2. The van der Waals surface area contributed by atoms with E-state index in [2.05, 4.69) is 5.32 Å². The summed E-state index contributed by atoms with van der Waals surface area (Å²) in [5, 5.41) is 2.12. The minimum absolute atomic E-state index is 0.259. The molecule has 2 aromatic rings. The number of hydrogen-bond acceptors (Lipinski definition) is 2. The maximum Gasteiger partial charge on any atom is 0.421 e. The van der Waals surface area contributed by atoms with Gasteiger partial charge in [0.15, 0.2) is 0 Å². The highest BCUT2D eigenvalue weighted by molar-refractivity contribution is 6.08. The van der Waals surface area contributed by atoms with Crippen molar-refractivity contribution in [3.05, 3.63) is 65.0 Å². The number of rotatable bonds is 3. The third-order valence-corrected chi connectivity index (χ3v) is 4.86. The number of halogens is 4. The van der Waals surface area contributed by atoms with Crippen molar-refractivity contribution in [3.8, 4) is 0 Å². The molecule has 2 aromatic carbocycles. The van der Waals surface area contributed by atoms with Gasteiger partial charge >= 0.3 is 6.18 Å². The first-order valence-electron chi connectivity index (χ1n) is 8.57. The largest absolute Gasteiger partial charge is 0.421 e. The van der Waals surface area contributed by atoms with Crippen LogP contribution in [0, 0.1) is 18.7 Å². The zero-order valence-corrected chi connectivity index (χ0v) is 15.2. The molecule has 8 heteroatoms. The number of carbonyl (C=O) groups excluding carboxylic acids is 2. The first-order chi connectivity index (χ1) is 13.1. The molecule has 0 unspecified atom stereocenters. The molecule has 0 radical (unpaired) electrons. The van der Waals surface area contributed by atoms with Crippen LogP contribution in [0.1, 0.15) is 22.6 Å². The zero-order chi connectivity index (χ0) is 20.6. The molecule has 0 bridgehead atoms. The first kappa shape index (κ1) is 19.9. The lowest BCUT2D eigenvalue weighted by Gasteiger charge is -2.19. The van der Waals surface area contributed by atoms with Crippen molar-refractivity contribution >= 4 is 17.5 Å². The predicted octanol–water partition coefficient (Wildman–Crippen LogP) is 3.96. The van der Waals surface area contributed by atoms with E-state index in [9.17, 15) is 27.2 Å². The van der Waals surface area contributed by atoms with Crippen molar-refractivity contribution in [2.45, 2.75) is 19.0 Å². The molecule has 3 rings (SSSR count). The van der Waals surface area contributed by atoms with Gasteiger partial charge in [0, 0.05) is 19.5 Å². The summed E-state index contributed by atoms with van der Waals surface area (Å²) >= 11 is 0. The standard InChI is InChI=1S/C20H18F4N2O2/c1-11-6-8-12(9-7-11)13-10-26(2)19(28)16(13)18(27)25-15-5-3-4-14(21)17(15)20(22,23)24/h3-9,13,16H,10H2,1-2H3,(H,25,27)/t13-,16+/m1/s1. The van der Waals surface area contributed by atoms with Crippen molar-refractivity contribution in [3.63, 3.8) is 0 Å². The topological polar surface area (TPSA) is 49.4 Å². The van der Waals surface area contributed by atoms with E-state index < -0.39 is 46.9 Å². The molecule has 148 valence electrons. The Morgan fingerprint density at radius 3 is 2.39 bits per heavy atom. The van der Waals surface area contributed by atoms with Crippen LogP contribution in [0.4, 0.5) is 23.2 Å². The maximum absolute atomic E-state index is 13.7. The van der Waals surface area contributed by atoms with Crippen LogP contribution in [0.3, 0.4) is 0 Å². The van der Waals surface area contributed by atoms with Crippen molar-refractivity contribution in [1.29, 1.82) is 0 Å². The minimum Gasteiger partial charge on any atom is -0.344 e. The molecule has 1 N–H and O–H groups in total. The van der Waals surface area contributed by atoms with Crippen LogP contribution in [0.5, 0.6) is 0 Å². The van der Waals surface area contributed by atoms with Crippen LogP contribution in [0.15, 0.2) is 42.5 Å². The third-order valence-electron chi connectivity index (χ3n) is 4.86. The fourth-order valence-electron chi connectivity index (χ4n) is 3.43. The predicted molar refractivity (Wildman–Crippen MR) is 95.1 cm³/mol. The number of likely N-dealkylation sites (N-methyl/N-ethyl adjacent to an activating group) is 1. The maximum atomic E-state index is 13.7. The van der Waals surface area contributed by atoms with E-state index in [1.165, 1.54) is 11.9 Å². The van der Waals surface area contributed by atoms with Crippen LogP contribution in [-0.2, 0) is 15.8 Å². The van der Waals surface area contributed by atoms with E-state index in [0.717, 1.165) is 23.3 Å². The average molecular weight is 394 g/mol. The number of aryl methyl sites for hydroxylation is 1. The molecule has 1 heterocycles. The number of hydrogen-bond donors (Lipinski definition) is 1. The second kappa shape index (κ2) is 7.26. The van der Waals surface area contributed by atoms with Gasteiger partial charge in [-0.05, 0) is 24.6 Å². The lowest BCUT2D eigenvalue weighted by molar-refractivity contribution is -0.139. The smallest absolute Gasteiger partial charge is 0.344 e. The summed E-state index contributed by atoms with van der Waals surface area (Å²) in [6, 6.07) is 9.95. The molecule has 2 amide bonds. The quantitative estimate of drug-likeness (QED) is 0.633. The van der Waals surface area contributed by atoms with Crippen LogP contribution < -0.4 is 5.32 Å². The molecule has 4 nitrogen and oxygen atoms in total. The Kier molecular flexibility index (Phi) is 5.14. The molecule has 0 aromatic heterocycles. The van der Waals surface area contributed by atoms with Crippen molar-refractivity contribution < 1.29 is 27.2 Å². The minimum atomic E-state index is -4.99. The Hall–Kier alpha value is -2.90. The summed E-state index contributed by atoms with van der Waals surface area (Å²) in [6.07, 6.45) is -4.99. The normalized spacial score (nSPS) is 19.8. The number of benzene rings is 2. The van der Waals surface area contributed by atoms with Gasteiger partial charge in [-0.15, -0.1) is 0 Å². The Labute approximate surface area is 159 Å². The van der Waals surface area contributed by atoms with E-state index in [-0.39, 0.29) is 6.54 Å². The van der Waals surface area contributed by atoms with Crippen LogP contribution in [-0.4, -0.2) is 30.3 Å². The first-order valence-corrected chi connectivity index (χ1v) is 8.57. The van der Waals surface area contributed by atoms with Gasteiger partial charge in [-0.3, -0.25) is 9.59 Å². The fraction of sp³-hybridized carbons (Fsp3) is 0.300. The molecular weight excluding hydrogens is 376 g/mol. The summed E-state index contributed by atoms with van der Waals surface area (Å²) < 4.78 is 53.3. The van der Waals surface area contributed by atoms with E-state index in [0.29, 0.717) is 6.07 Å². The molecule has 1 fully saturated rings. The van der Waals surface area contributed by atoms with Gasteiger partial charge in [0.2, 0.25) is 11.8 Å². The van der Waals surface area contributed by atoms with E-state index in [1.807, 2.05) is 19.1 Å². The third kappa shape index (κ3) is 3.72. The Bertz CT molecular complexity index is 909. The molecule has 0 spiro atoms. The monoisotopic (exact) mass is 394 g/mol. The van der Waals surface area contributed by atoms with Crippen molar-refractivity contribution in [2.24, 2.45) is 5.92 Å². The number of carbonyl (C=O) groups is 2. The molecule has 1 saturated heterocycles. The molecule has 1 aliphatic rings. The van der Waals surface area contributed by atoms with E-state index >= 15 is 0 Å². The Morgan fingerprint density at radius 2 is 1.79 bits per heavy atom. The molecule has 28 heavy (non-hydrogen) atoms. The van der Waals surface area contributed by atoms with Gasteiger partial charge in [0.05, 0.1) is 5.69 Å². The van der Waals surface area contributed by atoms with Gasteiger partial charge < -0.3 is 10.2 Å². The molecule has 0 saturated carbocycles. The van der Waals surface area contributed by atoms with Crippen LogP contribution in [0.2, 0.25) is 0 Å². The second-order valence-corrected chi connectivity index (χ2v) is 6.86. The number of nitrogens with zero attached hydrogens (tertiary/aromatic N) is 1. The number of anilines is 1. The summed E-state index contributed by atoms with van der Waals surface area (Å²) in [5.74, 6) is -4.59. The Morgan fingerprint density at radius 1 is 1.14 bits per heavy atom. The number of nitrogens with one attached hydrogen (secondary N) is 1. The highest BCUT2D eigenvalue weighted by Crippen LogP contribution is 2.38. The fourth-order valence-corrected chi connectivity index (χ4v) is 3.43. The summed E-state index contributed by atoms with van der Waals surface area (Å²) in [7, 11) is 1.53. The van der Waals surface area contributed by atoms with E-state index in [4.69, 9.17) is 0 Å². The number of likely N-dealkylation sites (tertiary alicyclic amines) is 1. The van der Waals surface area contributed by atoms with Crippen molar-refractivity contribution in [1.82, 2.24) is 4.90 Å². The highest BCUT2D eigenvalue weighted by Gasteiger charge is 2.45. The van der Waals surface area contributed by atoms with Crippen LogP contribution >= 0.6 is 0 Å². The molecule has 1 aliphatic heterocycles. The zero-order valence-electron chi connectivity index (χ0n) is 15.2. The average Bonchev–Trinajstić information content (AvgIpc) is 2.89. The molecular formula is C20H18F4N2O2. The van der Waals surface area contributed by atoms with Gasteiger partial charge in [-0.1, -0.05) is 35.9 Å². The number of alkyl halides is 3. The summed E-state index contributed by atoms with van der Waals surface area (Å²) in [5.41, 5.74) is -0.535. The lowest BCUT2D eigenvalue weighted by Crippen LogP contribution is -2.33. The highest BCUT2D eigenvalue weighted by atomic mass is 19.4. The Balaban J connectivity index is 1.94. The van der Waals surface area contributed by atoms with Gasteiger partial charge in [0.25, 0.3) is 0 Å². The van der Waals surface area contributed by atoms with Gasteiger partial charge in [-0.25, -0.2) is 4.39 Å². The summed E-state index contributed by atoms with van der Waals surface area (Å²) in [4.78, 5) is 26.6. The molecule has 2 atom stereocenters. The van der Waals surface area contributed by atoms with Gasteiger partial charge in [-0.2, -0.15) is 13.2 Å². The van der Waals surface area contributed by atoms with Gasteiger partial charge in [0.1, 0.15) is 17.3 Å². The lowest BCUT2D eigenvalue weighted by atomic mass is 9.87. The van der Waals surface area contributed by atoms with Crippen molar-refractivity contribution in [2.75, 3.05) is 18.9 Å².